The van der Waals surface area contributed by atoms with Crippen LogP contribution in [0.5, 0.6) is 0 Å². The summed E-state index contributed by atoms with van der Waals surface area (Å²) in [6.07, 6.45) is 0.442. The van der Waals surface area contributed by atoms with E-state index in [4.69, 9.17) is 5.11 Å². The van der Waals surface area contributed by atoms with E-state index in [9.17, 15) is 13.2 Å². The van der Waals surface area contributed by atoms with Crippen molar-refractivity contribution in [3.8, 4) is 0 Å². The summed E-state index contributed by atoms with van der Waals surface area (Å²) in [5.41, 5.74) is 0.258. The van der Waals surface area contributed by atoms with E-state index in [1.807, 2.05) is 0 Å². The first-order chi connectivity index (χ1) is 7.80. The van der Waals surface area contributed by atoms with Gasteiger partial charge in [-0.3, -0.25) is 4.79 Å². The molecule has 0 radical (unpaired) electrons. The molecule has 0 bridgehead atoms. The van der Waals surface area contributed by atoms with Crippen molar-refractivity contribution in [1.82, 2.24) is 5.32 Å². The van der Waals surface area contributed by atoms with E-state index in [1.54, 1.807) is 6.92 Å². The Balaban J connectivity index is 2.89. The topological polar surface area (TPSA) is 83.5 Å². The molecule has 6 heteroatoms. The van der Waals surface area contributed by atoms with E-state index in [2.05, 4.69) is 5.32 Å². The molecule has 17 heavy (non-hydrogen) atoms. The fraction of sp³-hybridized carbons (Fsp3) is 0.364. The number of benzene rings is 1. The average Bonchev–Trinajstić information content (AvgIpc) is 2.25. The minimum Gasteiger partial charge on any atom is -0.392 e. The van der Waals surface area contributed by atoms with Crippen molar-refractivity contribution < 1.29 is 18.3 Å². The molecule has 1 aromatic carbocycles. The highest BCUT2D eigenvalue weighted by atomic mass is 32.2. The van der Waals surface area contributed by atoms with Gasteiger partial charge in [0.25, 0.3) is 5.91 Å². The summed E-state index contributed by atoms with van der Waals surface area (Å²) in [4.78, 5) is 11.7. The first kappa shape index (κ1) is 13.7. The minimum absolute atomic E-state index is 0.0993. The number of hydrogen-bond donors (Lipinski definition) is 2. The van der Waals surface area contributed by atoms with Crippen LogP contribution in [-0.4, -0.2) is 38.3 Å². The summed E-state index contributed by atoms with van der Waals surface area (Å²) in [6.45, 7) is 1.68. The summed E-state index contributed by atoms with van der Waals surface area (Å²) in [7, 11) is -3.32. The van der Waals surface area contributed by atoms with E-state index < -0.39 is 21.8 Å². The zero-order chi connectivity index (χ0) is 13.1. The molecule has 5 nitrogen and oxygen atoms in total. The molecule has 0 saturated heterocycles. The van der Waals surface area contributed by atoms with Crippen LogP contribution in [0, 0.1) is 0 Å². The zero-order valence-electron chi connectivity index (χ0n) is 9.67. The largest absolute Gasteiger partial charge is 0.392 e. The van der Waals surface area contributed by atoms with E-state index >= 15 is 0 Å². The molecular weight excluding hydrogens is 242 g/mol. The summed E-state index contributed by atoms with van der Waals surface area (Å²) in [6, 6.07) is 5.77. The maximum atomic E-state index is 11.6. The maximum absolute atomic E-state index is 11.6. The van der Waals surface area contributed by atoms with Crippen molar-refractivity contribution in [2.24, 2.45) is 0 Å². The standard InChI is InChI=1S/C11H15NO4S/c1-8(13)7-12-11(14)9-4-3-5-10(6-9)17(2,15)16/h3-6,8,13H,7H2,1-2H3,(H,12,14)/t8-/m1/s1. The highest BCUT2D eigenvalue weighted by molar-refractivity contribution is 7.90. The van der Waals surface area contributed by atoms with E-state index in [0.29, 0.717) is 0 Å². The molecule has 0 aliphatic heterocycles. The molecule has 0 saturated carbocycles. The van der Waals surface area contributed by atoms with Crippen molar-refractivity contribution >= 4 is 15.7 Å². The SMILES string of the molecule is C[C@@H](O)CNC(=O)c1cccc(S(C)(=O)=O)c1. The lowest BCUT2D eigenvalue weighted by Gasteiger charge is -2.07. The number of aliphatic hydroxyl groups excluding tert-OH is 1. The molecule has 1 rings (SSSR count). The van der Waals surface area contributed by atoms with Crippen LogP contribution in [0.4, 0.5) is 0 Å². The molecule has 1 aromatic rings. The van der Waals surface area contributed by atoms with Crippen LogP contribution in [0.15, 0.2) is 29.2 Å². The fourth-order valence-electron chi connectivity index (χ4n) is 1.21. The van der Waals surface area contributed by atoms with E-state index in [-0.39, 0.29) is 17.0 Å². The highest BCUT2D eigenvalue weighted by Crippen LogP contribution is 2.11. The molecular formula is C11H15NO4S. The first-order valence-corrected chi connectivity index (χ1v) is 6.96. The molecule has 0 aliphatic rings. The van der Waals surface area contributed by atoms with Crippen LogP contribution < -0.4 is 5.32 Å². The van der Waals surface area contributed by atoms with Crippen molar-refractivity contribution in [3.05, 3.63) is 29.8 Å². The Bertz CT molecular complexity index is 508. The first-order valence-electron chi connectivity index (χ1n) is 5.07. The molecule has 0 aromatic heterocycles. The Hall–Kier alpha value is -1.40. The molecule has 94 valence electrons. The van der Waals surface area contributed by atoms with Crippen molar-refractivity contribution in [3.63, 3.8) is 0 Å². The predicted octanol–water partition coefficient (Wildman–Crippen LogP) is 0.201. The van der Waals surface area contributed by atoms with Crippen LogP contribution in [0.3, 0.4) is 0 Å². The van der Waals surface area contributed by atoms with Crippen LogP contribution in [0.2, 0.25) is 0 Å². The lowest BCUT2D eigenvalue weighted by molar-refractivity contribution is 0.0924. The van der Waals surface area contributed by atoms with Gasteiger partial charge in [-0.05, 0) is 25.1 Å². The number of carbonyl (C=O) groups excluding carboxylic acids is 1. The van der Waals surface area contributed by atoms with Crippen LogP contribution >= 0.6 is 0 Å². The maximum Gasteiger partial charge on any atom is 0.251 e. The summed E-state index contributed by atoms with van der Waals surface area (Å²) < 4.78 is 22.6. The number of amides is 1. The van der Waals surface area contributed by atoms with Crippen molar-refractivity contribution in [1.29, 1.82) is 0 Å². The third-order valence-corrected chi connectivity index (χ3v) is 3.19. The number of aliphatic hydroxyl groups is 1. The molecule has 1 amide bonds. The van der Waals surface area contributed by atoms with Gasteiger partial charge in [0.2, 0.25) is 0 Å². The third-order valence-electron chi connectivity index (χ3n) is 2.08. The van der Waals surface area contributed by atoms with Crippen LogP contribution in [0.25, 0.3) is 0 Å². The molecule has 0 aliphatic carbocycles. The summed E-state index contributed by atoms with van der Waals surface area (Å²) in [5.74, 6) is -0.406. The molecule has 0 spiro atoms. The second-order valence-corrected chi connectivity index (χ2v) is 5.87. The van der Waals surface area contributed by atoms with E-state index in [0.717, 1.165) is 6.26 Å². The van der Waals surface area contributed by atoms with Crippen LogP contribution in [-0.2, 0) is 9.84 Å². The molecule has 0 fully saturated rings. The second-order valence-electron chi connectivity index (χ2n) is 3.86. The Labute approximate surface area is 100 Å². The van der Waals surface area contributed by atoms with Gasteiger partial charge in [-0.15, -0.1) is 0 Å². The van der Waals surface area contributed by atoms with Gasteiger partial charge in [0, 0.05) is 18.4 Å². The van der Waals surface area contributed by atoms with Gasteiger partial charge in [0.15, 0.2) is 9.84 Å². The Morgan fingerprint density at radius 3 is 2.65 bits per heavy atom. The highest BCUT2D eigenvalue weighted by Gasteiger charge is 2.11. The zero-order valence-corrected chi connectivity index (χ0v) is 10.5. The minimum atomic E-state index is -3.32. The molecule has 0 heterocycles. The van der Waals surface area contributed by atoms with Gasteiger partial charge < -0.3 is 10.4 Å². The molecule has 0 unspecified atom stereocenters. The van der Waals surface area contributed by atoms with Gasteiger partial charge in [-0.1, -0.05) is 6.07 Å². The number of sulfone groups is 1. The molecule has 1 atom stereocenters. The number of hydrogen-bond acceptors (Lipinski definition) is 4. The Kier molecular flexibility index (Phi) is 4.25. The van der Waals surface area contributed by atoms with Gasteiger partial charge in [-0.25, -0.2) is 8.42 Å². The third kappa shape index (κ3) is 4.16. The summed E-state index contributed by atoms with van der Waals surface area (Å²) >= 11 is 0. The van der Waals surface area contributed by atoms with E-state index in [1.165, 1.54) is 24.3 Å². The van der Waals surface area contributed by atoms with Crippen LogP contribution in [0.1, 0.15) is 17.3 Å². The fourth-order valence-corrected chi connectivity index (χ4v) is 1.88. The summed E-state index contributed by atoms with van der Waals surface area (Å²) in [5, 5.41) is 11.5. The predicted molar refractivity (Wildman–Crippen MR) is 63.6 cm³/mol. The Morgan fingerprint density at radius 2 is 2.12 bits per heavy atom. The quantitative estimate of drug-likeness (QED) is 0.807. The lowest BCUT2D eigenvalue weighted by Crippen LogP contribution is -2.30. The average molecular weight is 257 g/mol. The lowest BCUT2D eigenvalue weighted by atomic mass is 10.2. The second kappa shape index (κ2) is 5.29. The number of rotatable bonds is 4. The van der Waals surface area contributed by atoms with Gasteiger partial charge in [0.05, 0.1) is 11.0 Å². The van der Waals surface area contributed by atoms with Gasteiger partial charge in [-0.2, -0.15) is 0 Å². The smallest absolute Gasteiger partial charge is 0.251 e. The van der Waals surface area contributed by atoms with Gasteiger partial charge >= 0.3 is 0 Å². The van der Waals surface area contributed by atoms with Gasteiger partial charge in [0.1, 0.15) is 0 Å². The number of nitrogens with one attached hydrogen (secondary N) is 1. The number of carbonyl (C=O) groups is 1. The van der Waals surface area contributed by atoms with Crippen molar-refractivity contribution in [2.75, 3.05) is 12.8 Å². The Morgan fingerprint density at radius 1 is 1.47 bits per heavy atom. The monoisotopic (exact) mass is 257 g/mol. The normalized spacial score (nSPS) is 13.1. The van der Waals surface area contributed by atoms with Crippen molar-refractivity contribution in [2.45, 2.75) is 17.9 Å². The molecule has 2 N–H and O–H groups in total.